The third kappa shape index (κ3) is 3.70. The van der Waals surface area contributed by atoms with Crippen LogP contribution in [0.3, 0.4) is 0 Å². The van der Waals surface area contributed by atoms with E-state index in [1.165, 1.54) is 12.5 Å². The van der Waals surface area contributed by atoms with E-state index < -0.39 is 11.7 Å². The fourth-order valence-electron chi connectivity index (χ4n) is 2.81. The zero-order valence-electron chi connectivity index (χ0n) is 13.0. The Kier molecular flexibility index (Phi) is 5.36. The van der Waals surface area contributed by atoms with Crippen LogP contribution in [0.5, 0.6) is 0 Å². The molecule has 2 aromatic rings. The number of rotatable bonds is 4. The standard InChI is InChI=1S/C16H17Cl2FN4O/c17-11-9-12(18)13(19)8-10(11)16(24)20-6-5-15-22-21-14-4-2-1-3-7-23(14)15/h8-9H,1-7H2,(H,20,24). The minimum absolute atomic E-state index is 0.0682. The van der Waals surface area contributed by atoms with Crippen molar-refractivity contribution in [2.24, 2.45) is 0 Å². The molecule has 8 heteroatoms. The van der Waals surface area contributed by atoms with Gasteiger partial charge in [0.05, 0.1) is 15.6 Å². The highest BCUT2D eigenvalue weighted by atomic mass is 35.5. The fraction of sp³-hybridized carbons (Fsp3) is 0.438. The van der Waals surface area contributed by atoms with E-state index in [-0.39, 0.29) is 15.6 Å². The molecule has 1 aromatic carbocycles. The number of amides is 1. The van der Waals surface area contributed by atoms with Crippen LogP contribution in [-0.2, 0) is 19.4 Å². The van der Waals surface area contributed by atoms with E-state index in [9.17, 15) is 9.18 Å². The van der Waals surface area contributed by atoms with Crippen LogP contribution in [0.1, 0.15) is 41.3 Å². The van der Waals surface area contributed by atoms with Crippen LogP contribution in [0.2, 0.25) is 10.0 Å². The van der Waals surface area contributed by atoms with Gasteiger partial charge in [-0.25, -0.2) is 4.39 Å². The van der Waals surface area contributed by atoms with Crippen LogP contribution in [0.25, 0.3) is 0 Å². The number of nitrogens with one attached hydrogen (secondary N) is 1. The van der Waals surface area contributed by atoms with Crippen LogP contribution in [-0.4, -0.2) is 27.2 Å². The number of aryl methyl sites for hydroxylation is 1. The fourth-order valence-corrected chi connectivity index (χ4v) is 3.28. The Balaban J connectivity index is 1.62. The summed E-state index contributed by atoms with van der Waals surface area (Å²) in [6.45, 7) is 1.29. The van der Waals surface area contributed by atoms with Crippen LogP contribution >= 0.6 is 23.2 Å². The first-order valence-corrected chi connectivity index (χ1v) is 8.65. The lowest BCUT2D eigenvalue weighted by atomic mass is 10.2. The molecule has 0 saturated carbocycles. The van der Waals surface area contributed by atoms with E-state index in [1.54, 1.807) is 0 Å². The highest BCUT2D eigenvalue weighted by Crippen LogP contribution is 2.24. The highest BCUT2D eigenvalue weighted by Gasteiger charge is 2.16. The summed E-state index contributed by atoms with van der Waals surface area (Å²) in [6.07, 6.45) is 4.95. The summed E-state index contributed by atoms with van der Waals surface area (Å²) in [5.74, 6) is 0.761. The van der Waals surface area contributed by atoms with Gasteiger partial charge < -0.3 is 9.88 Å². The Labute approximate surface area is 149 Å². The molecule has 2 heterocycles. The normalized spacial score (nSPS) is 14.1. The molecule has 0 unspecified atom stereocenters. The summed E-state index contributed by atoms with van der Waals surface area (Å²) in [7, 11) is 0. The third-order valence-corrected chi connectivity index (χ3v) is 4.68. The van der Waals surface area contributed by atoms with Crippen molar-refractivity contribution in [1.82, 2.24) is 20.1 Å². The van der Waals surface area contributed by atoms with Crippen molar-refractivity contribution >= 4 is 29.1 Å². The second-order valence-electron chi connectivity index (χ2n) is 5.75. The van der Waals surface area contributed by atoms with E-state index >= 15 is 0 Å². The van der Waals surface area contributed by atoms with E-state index in [0.29, 0.717) is 13.0 Å². The zero-order valence-corrected chi connectivity index (χ0v) is 14.5. The predicted octanol–water partition coefficient (Wildman–Crippen LogP) is 3.42. The summed E-state index contributed by atoms with van der Waals surface area (Å²) >= 11 is 11.6. The number of nitrogens with zero attached hydrogens (tertiary/aromatic N) is 3. The zero-order chi connectivity index (χ0) is 17.1. The van der Waals surface area contributed by atoms with Crippen molar-refractivity contribution in [3.63, 3.8) is 0 Å². The molecule has 0 saturated heterocycles. The molecule has 1 amide bonds. The van der Waals surface area contributed by atoms with Gasteiger partial charge in [0.15, 0.2) is 0 Å². The first-order valence-electron chi connectivity index (χ1n) is 7.90. The molecular formula is C16H17Cl2FN4O. The van der Waals surface area contributed by atoms with E-state index in [1.807, 2.05) is 0 Å². The van der Waals surface area contributed by atoms with Gasteiger partial charge in [0.25, 0.3) is 5.91 Å². The van der Waals surface area contributed by atoms with Gasteiger partial charge in [-0.3, -0.25) is 4.79 Å². The topological polar surface area (TPSA) is 59.8 Å². The first-order chi connectivity index (χ1) is 11.6. The maximum absolute atomic E-state index is 13.5. The van der Waals surface area contributed by atoms with Crippen molar-refractivity contribution in [2.45, 2.75) is 38.6 Å². The second-order valence-corrected chi connectivity index (χ2v) is 6.56. The molecule has 0 spiro atoms. The minimum atomic E-state index is -0.672. The van der Waals surface area contributed by atoms with Gasteiger partial charge in [0.2, 0.25) is 0 Å². The lowest BCUT2D eigenvalue weighted by Crippen LogP contribution is -2.27. The molecule has 128 valence electrons. The van der Waals surface area contributed by atoms with E-state index in [4.69, 9.17) is 23.2 Å². The highest BCUT2D eigenvalue weighted by molar-refractivity contribution is 6.36. The van der Waals surface area contributed by atoms with Gasteiger partial charge in [-0.05, 0) is 25.0 Å². The number of benzene rings is 1. The molecule has 5 nitrogen and oxygen atoms in total. The smallest absolute Gasteiger partial charge is 0.252 e. The largest absolute Gasteiger partial charge is 0.352 e. The summed E-state index contributed by atoms with van der Waals surface area (Å²) in [6, 6.07) is 2.27. The maximum atomic E-state index is 13.5. The summed E-state index contributed by atoms with van der Waals surface area (Å²) in [5.41, 5.74) is 0.0682. The first kappa shape index (κ1) is 17.2. The SMILES string of the molecule is O=C(NCCc1nnc2n1CCCCC2)c1cc(F)c(Cl)cc1Cl. The van der Waals surface area contributed by atoms with Crippen molar-refractivity contribution in [2.75, 3.05) is 6.54 Å². The number of aromatic nitrogens is 3. The average molecular weight is 371 g/mol. The number of carbonyl (C=O) groups excluding carboxylic acids is 1. The maximum Gasteiger partial charge on any atom is 0.252 e. The van der Waals surface area contributed by atoms with Gasteiger partial charge >= 0.3 is 0 Å². The molecule has 1 N–H and O–H groups in total. The molecule has 0 radical (unpaired) electrons. The lowest BCUT2D eigenvalue weighted by molar-refractivity contribution is 0.0953. The quantitative estimate of drug-likeness (QED) is 0.838. The molecular weight excluding hydrogens is 354 g/mol. The van der Waals surface area contributed by atoms with E-state index in [0.717, 1.165) is 43.5 Å². The van der Waals surface area contributed by atoms with Crippen LogP contribution in [0.15, 0.2) is 12.1 Å². The van der Waals surface area contributed by atoms with Crippen LogP contribution in [0, 0.1) is 5.82 Å². The van der Waals surface area contributed by atoms with Gasteiger partial charge in [-0.1, -0.05) is 29.6 Å². The Morgan fingerprint density at radius 2 is 2.04 bits per heavy atom. The summed E-state index contributed by atoms with van der Waals surface area (Å²) in [5, 5.41) is 11.2. The van der Waals surface area contributed by atoms with Gasteiger partial charge in [0.1, 0.15) is 17.5 Å². The number of carbonyl (C=O) groups is 1. The monoisotopic (exact) mass is 370 g/mol. The summed E-state index contributed by atoms with van der Waals surface area (Å²) < 4.78 is 15.6. The summed E-state index contributed by atoms with van der Waals surface area (Å²) in [4.78, 5) is 12.2. The van der Waals surface area contributed by atoms with E-state index in [2.05, 4.69) is 20.1 Å². The molecule has 3 rings (SSSR count). The number of halogens is 3. The molecule has 24 heavy (non-hydrogen) atoms. The Morgan fingerprint density at radius 3 is 2.88 bits per heavy atom. The number of fused-ring (bicyclic) bond motifs is 1. The van der Waals surface area contributed by atoms with Gasteiger partial charge in [0, 0.05) is 25.9 Å². The van der Waals surface area contributed by atoms with Crippen LogP contribution in [0.4, 0.5) is 4.39 Å². The van der Waals surface area contributed by atoms with Gasteiger partial charge in [-0.15, -0.1) is 10.2 Å². The molecule has 1 aliphatic rings. The molecule has 0 bridgehead atoms. The number of hydrogen-bond donors (Lipinski definition) is 1. The van der Waals surface area contributed by atoms with Crippen molar-refractivity contribution in [3.8, 4) is 0 Å². The average Bonchev–Trinajstić information content (AvgIpc) is 2.78. The lowest BCUT2D eigenvalue weighted by Gasteiger charge is -2.09. The predicted molar refractivity (Wildman–Crippen MR) is 90.0 cm³/mol. The second kappa shape index (κ2) is 7.49. The Hall–Kier alpha value is -1.66. The van der Waals surface area contributed by atoms with Crippen molar-refractivity contribution in [1.29, 1.82) is 0 Å². The molecule has 1 aromatic heterocycles. The number of hydrogen-bond acceptors (Lipinski definition) is 3. The van der Waals surface area contributed by atoms with Crippen LogP contribution < -0.4 is 5.32 Å². The Morgan fingerprint density at radius 1 is 1.21 bits per heavy atom. The minimum Gasteiger partial charge on any atom is -0.352 e. The van der Waals surface area contributed by atoms with Gasteiger partial charge in [-0.2, -0.15) is 0 Å². The Bertz CT molecular complexity index is 763. The van der Waals surface area contributed by atoms with Crippen molar-refractivity contribution in [3.05, 3.63) is 45.2 Å². The third-order valence-electron chi connectivity index (χ3n) is 4.07. The van der Waals surface area contributed by atoms with Crippen molar-refractivity contribution < 1.29 is 9.18 Å². The molecule has 1 aliphatic heterocycles. The molecule has 0 atom stereocenters. The molecule has 0 aliphatic carbocycles. The molecule has 0 fully saturated rings.